The Hall–Kier alpha value is -1.86. The minimum atomic E-state index is -1.99. The first-order chi connectivity index (χ1) is 7.43. The molecule has 2 aromatic rings. The molecule has 2 heterocycles. The lowest BCUT2D eigenvalue weighted by Crippen LogP contribution is -2.05. The molecule has 8 heteroatoms. The van der Waals surface area contributed by atoms with Crippen molar-refractivity contribution >= 4 is 10.8 Å². The maximum absolute atomic E-state index is 13.0. The highest BCUT2D eigenvalue weighted by Gasteiger charge is 2.24. The third-order valence-electron chi connectivity index (χ3n) is 1.86. The molecule has 0 bridgehead atoms. The van der Waals surface area contributed by atoms with Crippen molar-refractivity contribution in [2.75, 3.05) is 0 Å². The van der Waals surface area contributed by atoms with E-state index in [1.165, 1.54) is 0 Å². The summed E-state index contributed by atoms with van der Waals surface area (Å²) < 4.78 is 77.0. The molecule has 0 saturated heterocycles. The van der Waals surface area contributed by atoms with Gasteiger partial charge in [0.05, 0.1) is 10.8 Å². The van der Waals surface area contributed by atoms with Gasteiger partial charge in [-0.05, 0) is 0 Å². The summed E-state index contributed by atoms with van der Waals surface area (Å²) in [5.41, 5.74) is 0. The van der Waals surface area contributed by atoms with Crippen molar-refractivity contribution in [3.63, 3.8) is 0 Å². The van der Waals surface area contributed by atoms with Gasteiger partial charge >= 0.3 is 0 Å². The molecule has 0 aliphatic carbocycles. The summed E-state index contributed by atoms with van der Waals surface area (Å²) in [6.45, 7) is 0. The number of rotatable bonds is 0. The Morgan fingerprint density at radius 2 is 0.875 bits per heavy atom. The van der Waals surface area contributed by atoms with Gasteiger partial charge in [-0.15, -0.1) is 0 Å². The number of fused-ring (bicyclic) bond motifs is 1. The molecule has 2 rings (SSSR count). The topological polar surface area (TPSA) is 25.8 Å². The van der Waals surface area contributed by atoms with Crippen LogP contribution in [0.2, 0.25) is 0 Å². The van der Waals surface area contributed by atoms with Crippen LogP contribution >= 0.6 is 0 Å². The SMILES string of the molecule is Fc1nc(F)c2c(F)nc(F)c(F)c2c1F. The number of hydrogen-bond acceptors (Lipinski definition) is 2. The van der Waals surface area contributed by atoms with Crippen LogP contribution in [0.5, 0.6) is 0 Å². The van der Waals surface area contributed by atoms with Gasteiger partial charge in [0.1, 0.15) is 0 Å². The summed E-state index contributed by atoms with van der Waals surface area (Å²) in [6, 6.07) is 0. The second-order valence-electron chi connectivity index (χ2n) is 2.76. The zero-order chi connectivity index (χ0) is 12.0. The second kappa shape index (κ2) is 3.32. The van der Waals surface area contributed by atoms with Crippen LogP contribution in [0.25, 0.3) is 10.8 Å². The summed E-state index contributed by atoms with van der Waals surface area (Å²) >= 11 is 0. The number of aromatic nitrogens is 2. The molecule has 0 aromatic carbocycles. The van der Waals surface area contributed by atoms with Crippen molar-refractivity contribution in [2.24, 2.45) is 0 Å². The first-order valence-corrected chi connectivity index (χ1v) is 3.78. The first kappa shape index (κ1) is 10.7. The molecule has 2 aromatic heterocycles. The van der Waals surface area contributed by atoms with E-state index in [4.69, 9.17) is 0 Å². The summed E-state index contributed by atoms with van der Waals surface area (Å²) in [6.07, 6.45) is 0. The highest BCUT2D eigenvalue weighted by molar-refractivity contribution is 5.83. The van der Waals surface area contributed by atoms with Crippen molar-refractivity contribution in [1.29, 1.82) is 0 Å². The van der Waals surface area contributed by atoms with Crippen LogP contribution in [0, 0.1) is 35.4 Å². The maximum Gasteiger partial charge on any atom is 0.252 e. The summed E-state index contributed by atoms with van der Waals surface area (Å²) in [5, 5.41) is -2.83. The normalized spacial score (nSPS) is 11.1. The second-order valence-corrected chi connectivity index (χ2v) is 2.76. The number of nitrogens with zero attached hydrogens (tertiary/aromatic N) is 2. The third-order valence-corrected chi connectivity index (χ3v) is 1.86. The fourth-order valence-electron chi connectivity index (χ4n) is 1.20. The van der Waals surface area contributed by atoms with Gasteiger partial charge in [0.15, 0.2) is 11.6 Å². The molecule has 0 radical (unpaired) electrons. The Morgan fingerprint density at radius 3 is 1.25 bits per heavy atom. The molecule has 16 heavy (non-hydrogen) atoms. The highest BCUT2D eigenvalue weighted by atomic mass is 19.2. The smallest absolute Gasteiger partial charge is 0.201 e. The zero-order valence-corrected chi connectivity index (χ0v) is 7.16. The molecule has 0 N–H and O–H groups in total. The average Bonchev–Trinajstić information content (AvgIpc) is 2.20. The molecule has 0 aliphatic rings. The predicted octanol–water partition coefficient (Wildman–Crippen LogP) is 2.46. The van der Waals surface area contributed by atoms with Crippen molar-refractivity contribution in [1.82, 2.24) is 9.97 Å². The van der Waals surface area contributed by atoms with Gasteiger partial charge in [-0.1, -0.05) is 0 Å². The zero-order valence-electron chi connectivity index (χ0n) is 7.16. The minimum Gasteiger partial charge on any atom is -0.201 e. The Balaban J connectivity index is 3.11. The summed E-state index contributed by atoms with van der Waals surface area (Å²) in [5.74, 6) is -11.6. The Labute approximate surface area is 83.5 Å². The first-order valence-electron chi connectivity index (χ1n) is 3.78. The monoisotopic (exact) mass is 238 g/mol. The largest absolute Gasteiger partial charge is 0.252 e. The van der Waals surface area contributed by atoms with Crippen LogP contribution in [0.3, 0.4) is 0 Å². The lowest BCUT2D eigenvalue weighted by atomic mass is 10.2. The number of halogens is 6. The van der Waals surface area contributed by atoms with E-state index in [1.807, 2.05) is 0 Å². The van der Waals surface area contributed by atoms with Crippen LogP contribution < -0.4 is 0 Å². The highest BCUT2D eigenvalue weighted by Crippen LogP contribution is 2.26. The molecule has 0 atom stereocenters. The lowest BCUT2D eigenvalue weighted by Gasteiger charge is -2.03. The molecular weight excluding hydrogens is 238 g/mol. The van der Waals surface area contributed by atoms with E-state index in [-0.39, 0.29) is 0 Å². The van der Waals surface area contributed by atoms with Gasteiger partial charge in [-0.2, -0.15) is 27.5 Å². The molecule has 84 valence electrons. The molecule has 0 spiro atoms. The van der Waals surface area contributed by atoms with Crippen molar-refractivity contribution in [3.8, 4) is 0 Å². The Bertz CT molecular complexity index is 548. The van der Waals surface area contributed by atoms with Gasteiger partial charge in [0, 0.05) is 0 Å². The molecule has 0 aliphatic heterocycles. The molecule has 0 fully saturated rings. The number of hydrogen-bond donors (Lipinski definition) is 0. The van der Waals surface area contributed by atoms with Crippen LogP contribution in [0.4, 0.5) is 26.3 Å². The standard InChI is InChI=1S/C8F6N2/c9-3-1-2(5(11)15-7(3)13)6(12)16-8(14)4(1)10. The van der Waals surface area contributed by atoms with Gasteiger partial charge < -0.3 is 0 Å². The van der Waals surface area contributed by atoms with E-state index < -0.39 is 46.2 Å². The fourth-order valence-corrected chi connectivity index (χ4v) is 1.20. The van der Waals surface area contributed by atoms with E-state index in [9.17, 15) is 26.3 Å². The summed E-state index contributed by atoms with van der Waals surface area (Å²) in [4.78, 5) is 4.71. The van der Waals surface area contributed by atoms with E-state index in [2.05, 4.69) is 9.97 Å². The molecule has 0 unspecified atom stereocenters. The van der Waals surface area contributed by atoms with Crippen LogP contribution in [-0.2, 0) is 0 Å². The van der Waals surface area contributed by atoms with Crippen LogP contribution in [0.1, 0.15) is 0 Å². The van der Waals surface area contributed by atoms with Crippen molar-refractivity contribution < 1.29 is 26.3 Å². The lowest BCUT2D eigenvalue weighted by molar-refractivity contribution is 0.430. The molecule has 2 nitrogen and oxygen atoms in total. The van der Waals surface area contributed by atoms with Crippen LogP contribution in [-0.4, -0.2) is 9.97 Å². The van der Waals surface area contributed by atoms with Gasteiger partial charge in [-0.25, -0.2) is 8.78 Å². The third kappa shape index (κ3) is 1.29. The summed E-state index contributed by atoms with van der Waals surface area (Å²) in [7, 11) is 0. The molecule has 0 amide bonds. The van der Waals surface area contributed by atoms with Crippen molar-refractivity contribution in [3.05, 3.63) is 35.4 Å². The fraction of sp³-hybridized carbons (Fsp3) is 0. The average molecular weight is 238 g/mol. The minimum absolute atomic E-state index is 1.34. The van der Waals surface area contributed by atoms with Crippen LogP contribution in [0.15, 0.2) is 0 Å². The van der Waals surface area contributed by atoms with E-state index in [0.29, 0.717) is 0 Å². The van der Waals surface area contributed by atoms with E-state index >= 15 is 0 Å². The van der Waals surface area contributed by atoms with Crippen molar-refractivity contribution in [2.45, 2.75) is 0 Å². The molecular formula is C8F6N2. The number of pyridine rings is 2. The molecule has 0 saturated carbocycles. The Kier molecular flexibility index (Phi) is 2.21. The van der Waals surface area contributed by atoms with E-state index in [0.717, 1.165) is 0 Å². The predicted molar refractivity (Wildman–Crippen MR) is 39.3 cm³/mol. The van der Waals surface area contributed by atoms with Gasteiger partial charge in [0.25, 0.3) is 11.9 Å². The van der Waals surface area contributed by atoms with Gasteiger partial charge in [0.2, 0.25) is 11.9 Å². The van der Waals surface area contributed by atoms with Gasteiger partial charge in [-0.3, -0.25) is 0 Å². The quantitative estimate of drug-likeness (QED) is 0.520. The Morgan fingerprint density at radius 1 is 0.500 bits per heavy atom. The maximum atomic E-state index is 13.0. The van der Waals surface area contributed by atoms with E-state index in [1.54, 1.807) is 0 Å².